The minimum absolute atomic E-state index is 0.00573. The first-order valence-electron chi connectivity index (χ1n) is 15.4. The van der Waals surface area contributed by atoms with Crippen LogP contribution < -0.4 is 9.62 Å². The Kier molecular flexibility index (Phi) is 11.5. The van der Waals surface area contributed by atoms with Crippen LogP contribution in [0.4, 0.5) is 5.69 Å². The number of benzene rings is 4. The van der Waals surface area contributed by atoms with Crippen molar-refractivity contribution in [2.24, 2.45) is 0 Å². The van der Waals surface area contributed by atoms with Crippen molar-refractivity contribution in [1.82, 2.24) is 10.2 Å². The van der Waals surface area contributed by atoms with Crippen LogP contribution in [-0.2, 0) is 32.6 Å². The minimum Gasteiger partial charge on any atom is -0.352 e. The summed E-state index contributed by atoms with van der Waals surface area (Å²) < 4.78 is 29.4. The van der Waals surface area contributed by atoms with Crippen molar-refractivity contribution in [1.29, 1.82) is 0 Å². The van der Waals surface area contributed by atoms with Gasteiger partial charge in [0.05, 0.1) is 10.6 Å². The Morgan fingerprint density at radius 3 is 2.13 bits per heavy atom. The second-order valence-corrected chi connectivity index (χ2v) is 14.9. The van der Waals surface area contributed by atoms with Gasteiger partial charge in [-0.3, -0.25) is 13.9 Å². The Balaban J connectivity index is 1.58. The van der Waals surface area contributed by atoms with Gasteiger partial charge in [0.15, 0.2) is 0 Å². The second-order valence-electron chi connectivity index (χ2n) is 11.8. The highest BCUT2D eigenvalue weighted by atomic mass is 35.5. The SMILES string of the molecule is Cc1ccc(N(CC(=O)N(Cc2ccc(Cl)cc2Cl)C(Cc2ccccc2)C(=O)NC2CCCC2)S(=O)(=O)c2ccc(Cl)cc2)cc1. The molecule has 0 bridgehead atoms. The van der Waals surface area contributed by atoms with Crippen molar-refractivity contribution < 1.29 is 18.0 Å². The van der Waals surface area contributed by atoms with Crippen LogP contribution in [-0.4, -0.2) is 43.8 Å². The summed E-state index contributed by atoms with van der Waals surface area (Å²) in [6.07, 6.45) is 3.98. The molecule has 1 atom stereocenters. The lowest BCUT2D eigenvalue weighted by atomic mass is 10.0. The van der Waals surface area contributed by atoms with Gasteiger partial charge in [-0.2, -0.15) is 0 Å². The highest BCUT2D eigenvalue weighted by Crippen LogP contribution is 2.28. The Hall–Kier alpha value is -3.56. The molecule has 4 aromatic rings. The molecule has 0 saturated heterocycles. The molecule has 11 heteroatoms. The summed E-state index contributed by atoms with van der Waals surface area (Å²) in [5.41, 5.74) is 2.65. The summed E-state index contributed by atoms with van der Waals surface area (Å²) in [6, 6.07) is 26.1. The molecule has 1 N–H and O–H groups in total. The smallest absolute Gasteiger partial charge is 0.264 e. The summed E-state index contributed by atoms with van der Waals surface area (Å²) in [5.74, 6) is -0.877. The number of carbonyl (C=O) groups excluding carboxylic acids is 2. The van der Waals surface area contributed by atoms with E-state index in [1.165, 1.54) is 29.2 Å². The summed E-state index contributed by atoms with van der Waals surface area (Å²) in [6.45, 7) is 1.27. The molecule has 0 radical (unpaired) electrons. The number of hydrogen-bond acceptors (Lipinski definition) is 4. The lowest BCUT2D eigenvalue weighted by Gasteiger charge is -2.34. The van der Waals surface area contributed by atoms with E-state index in [-0.39, 0.29) is 29.8 Å². The number of halogens is 3. The molecule has 246 valence electrons. The van der Waals surface area contributed by atoms with Gasteiger partial charge >= 0.3 is 0 Å². The number of anilines is 1. The molecular weight excluding hydrogens is 677 g/mol. The van der Waals surface area contributed by atoms with Crippen LogP contribution in [0.1, 0.15) is 42.4 Å². The van der Waals surface area contributed by atoms with Crippen molar-refractivity contribution >= 4 is 62.3 Å². The molecule has 4 aromatic carbocycles. The third-order valence-electron chi connectivity index (χ3n) is 8.33. The first kappa shape index (κ1) is 34.8. The van der Waals surface area contributed by atoms with E-state index in [2.05, 4.69) is 5.32 Å². The average molecular weight is 713 g/mol. The molecule has 0 aliphatic heterocycles. The molecule has 1 fully saturated rings. The van der Waals surface area contributed by atoms with Crippen LogP contribution in [0.3, 0.4) is 0 Å². The maximum atomic E-state index is 14.6. The first-order valence-corrected chi connectivity index (χ1v) is 18.0. The molecule has 1 unspecified atom stereocenters. The average Bonchev–Trinajstić information content (AvgIpc) is 3.56. The van der Waals surface area contributed by atoms with Crippen LogP contribution >= 0.6 is 34.8 Å². The number of amides is 2. The Morgan fingerprint density at radius 2 is 1.49 bits per heavy atom. The predicted octanol–water partition coefficient (Wildman–Crippen LogP) is 7.85. The number of aryl methyl sites for hydroxylation is 1. The monoisotopic (exact) mass is 711 g/mol. The number of carbonyl (C=O) groups is 2. The van der Waals surface area contributed by atoms with Crippen molar-refractivity contribution in [2.45, 2.75) is 62.6 Å². The summed E-state index contributed by atoms with van der Waals surface area (Å²) in [4.78, 5) is 30.2. The molecule has 5 rings (SSSR count). The fourth-order valence-corrected chi connectivity index (χ4v) is 7.74. The van der Waals surface area contributed by atoms with Crippen LogP contribution in [0.15, 0.2) is 102 Å². The topological polar surface area (TPSA) is 86.8 Å². The molecule has 1 aliphatic carbocycles. The van der Waals surface area contributed by atoms with Crippen molar-refractivity contribution in [2.75, 3.05) is 10.8 Å². The second kappa shape index (κ2) is 15.6. The number of hydrogen-bond donors (Lipinski definition) is 1. The quantitative estimate of drug-likeness (QED) is 0.162. The van der Waals surface area contributed by atoms with E-state index in [0.717, 1.165) is 41.1 Å². The third-order valence-corrected chi connectivity index (χ3v) is 11.0. The van der Waals surface area contributed by atoms with E-state index in [1.54, 1.807) is 42.5 Å². The lowest BCUT2D eigenvalue weighted by molar-refractivity contribution is -0.140. The van der Waals surface area contributed by atoms with Gasteiger partial charge in [0.1, 0.15) is 12.6 Å². The first-order chi connectivity index (χ1) is 22.5. The van der Waals surface area contributed by atoms with Crippen molar-refractivity contribution in [3.63, 3.8) is 0 Å². The van der Waals surface area contributed by atoms with Crippen LogP contribution in [0.5, 0.6) is 0 Å². The zero-order valence-electron chi connectivity index (χ0n) is 25.9. The number of sulfonamides is 1. The highest BCUT2D eigenvalue weighted by molar-refractivity contribution is 7.92. The van der Waals surface area contributed by atoms with Crippen molar-refractivity contribution in [3.8, 4) is 0 Å². The van der Waals surface area contributed by atoms with E-state index in [9.17, 15) is 18.0 Å². The van der Waals surface area contributed by atoms with Gasteiger partial charge in [-0.1, -0.05) is 102 Å². The molecule has 2 amide bonds. The van der Waals surface area contributed by atoms with E-state index in [4.69, 9.17) is 34.8 Å². The molecule has 1 saturated carbocycles. The van der Waals surface area contributed by atoms with Crippen LogP contribution in [0, 0.1) is 6.92 Å². The van der Waals surface area contributed by atoms with Gasteiger partial charge in [-0.15, -0.1) is 0 Å². The van der Waals surface area contributed by atoms with Gasteiger partial charge in [0, 0.05) is 34.1 Å². The molecule has 0 spiro atoms. The van der Waals surface area contributed by atoms with Gasteiger partial charge in [0.25, 0.3) is 10.0 Å². The van der Waals surface area contributed by atoms with E-state index in [1.807, 2.05) is 37.3 Å². The van der Waals surface area contributed by atoms with Crippen LogP contribution in [0.25, 0.3) is 0 Å². The predicted molar refractivity (Wildman–Crippen MR) is 189 cm³/mol. The van der Waals surface area contributed by atoms with Gasteiger partial charge in [0.2, 0.25) is 11.8 Å². The Bertz CT molecular complexity index is 1800. The number of nitrogens with one attached hydrogen (secondary N) is 1. The van der Waals surface area contributed by atoms with E-state index < -0.39 is 28.5 Å². The molecule has 0 heterocycles. The third kappa shape index (κ3) is 8.87. The van der Waals surface area contributed by atoms with E-state index >= 15 is 0 Å². The Morgan fingerprint density at radius 1 is 0.851 bits per heavy atom. The van der Waals surface area contributed by atoms with Gasteiger partial charge < -0.3 is 10.2 Å². The van der Waals surface area contributed by atoms with E-state index in [0.29, 0.717) is 26.3 Å². The largest absolute Gasteiger partial charge is 0.352 e. The van der Waals surface area contributed by atoms with Gasteiger partial charge in [-0.25, -0.2) is 8.42 Å². The lowest BCUT2D eigenvalue weighted by Crippen LogP contribution is -2.54. The number of rotatable bonds is 12. The minimum atomic E-state index is -4.24. The maximum Gasteiger partial charge on any atom is 0.264 e. The van der Waals surface area contributed by atoms with Crippen molar-refractivity contribution in [3.05, 3.63) is 129 Å². The summed E-state index contributed by atoms with van der Waals surface area (Å²) in [5, 5.41) is 4.30. The molecular formula is C36H36Cl3N3O4S. The van der Waals surface area contributed by atoms with Crippen LogP contribution in [0.2, 0.25) is 15.1 Å². The standard InChI is InChI=1S/C36H36Cl3N3O4S/c1-25-11-17-31(18-12-25)42(47(45,46)32-19-15-28(37)16-20-32)24-35(43)41(23-27-13-14-29(38)22-33(27)39)34(21-26-7-3-2-4-8-26)36(44)40-30-9-5-6-10-30/h2-4,7-8,11-20,22,30,34H,5-6,9-10,21,23-24H2,1H3,(H,40,44). The normalized spacial score (nSPS) is 14.0. The molecule has 47 heavy (non-hydrogen) atoms. The zero-order chi connectivity index (χ0) is 33.6. The molecule has 7 nitrogen and oxygen atoms in total. The summed E-state index contributed by atoms with van der Waals surface area (Å²) >= 11 is 18.9. The highest BCUT2D eigenvalue weighted by Gasteiger charge is 2.36. The maximum absolute atomic E-state index is 14.6. The number of nitrogens with zero attached hydrogens (tertiary/aromatic N) is 2. The van der Waals surface area contributed by atoms with Gasteiger partial charge in [-0.05, 0) is 79.4 Å². The fourth-order valence-electron chi connectivity index (χ4n) is 5.73. The Labute approximate surface area is 291 Å². The molecule has 0 aromatic heterocycles. The molecule has 1 aliphatic rings. The summed E-state index contributed by atoms with van der Waals surface area (Å²) in [7, 11) is -4.24. The fraction of sp³-hybridized carbons (Fsp3) is 0.278. The zero-order valence-corrected chi connectivity index (χ0v) is 29.0.